The number of amides is 2. The highest BCUT2D eigenvalue weighted by molar-refractivity contribution is 5.77. The van der Waals surface area contributed by atoms with Gasteiger partial charge in [-0.15, -0.1) is 0 Å². The lowest BCUT2D eigenvalue weighted by atomic mass is 10.0. The molecule has 0 aromatic rings. The predicted octanol–water partition coefficient (Wildman–Crippen LogP) is 0.965. The molecular formula is C12H22N2O4. The SMILES string of the molecule is CCCCCCNC(=O)NC1COCC1C(=O)O. The number of carbonyl (C=O) groups is 2. The van der Waals surface area contributed by atoms with E-state index in [1.165, 1.54) is 6.42 Å². The molecule has 6 nitrogen and oxygen atoms in total. The topological polar surface area (TPSA) is 87.7 Å². The van der Waals surface area contributed by atoms with Crippen LogP contribution in [0.15, 0.2) is 0 Å². The Morgan fingerprint density at radius 3 is 2.72 bits per heavy atom. The van der Waals surface area contributed by atoms with Gasteiger partial charge in [0.1, 0.15) is 5.92 Å². The maximum atomic E-state index is 11.5. The third-order valence-corrected chi connectivity index (χ3v) is 3.03. The molecule has 1 aliphatic rings. The van der Waals surface area contributed by atoms with E-state index < -0.39 is 17.9 Å². The Hall–Kier alpha value is -1.30. The van der Waals surface area contributed by atoms with Crippen LogP contribution in [0.3, 0.4) is 0 Å². The second-order valence-electron chi connectivity index (χ2n) is 4.55. The number of unbranched alkanes of at least 4 members (excludes halogenated alkanes) is 3. The van der Waals surface area contributed by atoms with Crippen molar-refractivity contribution < 1.29 is 19.4 Å². The van der Waals surface area contributed by atoms with E-state index in [0.29, 0.717) is 6.54 Å². The Bertz CT molecular complexity index is 283. The van der Waals surface area contributed by atoms with Crippen molar-refractivity contribution in [3.63, 3.8) is 0 Å². The summed E-state index contributed by atoms with van der Waals surface area (Å²) in [5.41, 5.74) is 0. The number of aliphatic carboxylic acids is 1. The Morgan fingerprint density at radius 2 is 2.06 bits per heavy atom. The zero-order valence-corrected chi connectivity index (χ0v) is 10.8. The van der Waals surface area contributed by atoms with Crippen LogP contribution in [0.1, 0.15) is 32.6 Å². The predicted molar refractivity (Wildman–Crippen MR) is 66.4 cm³/mol. The molecular weight excluding hydrogens is 236 g/mol. The summed E-state index contributed by atoms with van der Waals surface area (Å²) >= 11 is 0. The average Bonchev–Trinajstić information content (AvgIpc) is 2.77. The summed E-state index contributed by atoms with van der Waals surface area (Å²) in [6.07, 6.45) is 4.37. The van der Waals surface area contributed by atoms with E-state index >= 15 is 0 Å². The molecule has 0 saturated carbocycles. The number of carbonyl (C=O) groups excluding carboxylic acids is 1. The first-order valence-corrected chi connectivity index (χ1v) is 6.50. The third kappa shape index (κ3) is 4.91. The molecule has 2 atom stereocenters. The Labute approximate surface area is 107 Å². The van der Waals surface area contributed by atoms with Gasteiger partial charge >= 0.3 is 12.0 Å². The monoisotopic (exact) mass is 258 g/mol. The Balaban J connectivity index is 2.17. The van der Waals surface area contributed by atoms with Gasteiger partial charge in [-0.3, -0.25) is 4.79 Å². The van der Waals surface area contributed by atoms with E-state index in [0.717, 1.165) is 19.3 Å². The fourth-order valence-corrected chi connectivity index (χ4v) is 1.91. The largest absolute Gasteiger partial charge is 0.481 e. The van der Waals surface area contributed by atoms with Gasteiger partial charge in [-0.1, -0.05) is 26.2 Å². The van der Waals surface area contributed by atoms with Crippen LogP contribution in [-0.4, -0.2) is 42.9 Å². The van der Waals surface area contributed by atoms with E-state index in [9.17, 15) is 9.59 Å². The summed E-state index contributed by atoms with van der Waals surface area (Å²) < 4.78 is 5.07. The minimum Gasteiger partial charge on any atom is -0.481 e. The maximum Gasteiger partial charge on any atom is 0.315 e. The number of ether oxygens (including phenoxy) is 1. The molecule has 1 rings (SSSR count). The van der Waals surface area contributed by atoms with Crippen LogP contribution in [0.4, 0.5) is 4.79 Å². The lowest BCUT2D eigenvalue weighted by Gasteiger charge is -2.16. The molecule has 1 fully saturated rings. The molecule has 2 unspecified atom stereocenters. The zero-order valence-electron chi connectivity index (χ0n) is 10.8. The lowest BCUT2D eigenvalue weighted by molar-refractivity contribution is -0.142. The maximum absolute atomic E-state index is 11.5. The third-order valence-electron chi connectivity index (χ3n) is 3.03. The van der Waals surface area contributed by atoms with E-state index in [1.54, 1.807) is 0 Å². The Kier molecular flexibility index (Phi) is 6.49. The van der Waals surface area contributed by atoms with E-state index in [4.69, 9.17) is 9.84 Å². The van der Waals surface area contributed by atoms with Gasteiger partial charge in [0.15, 0.2) is 0 Å². The number of nitrogens with one attached hydrogen (secondary N) is 2. The first-order valence-electron chi connectivity index (χ1n) is 6.50. The number of rotatable bonds is 7. The normalized spacial score (nSPS) is 22.7. The van der Waals surface area contributed by atoms with E-state index in [-0.39, 0.29) is 19.2 Å². The average molecular weight is 258 g/mol. The quantitative estimate of drug-likeness (QED) is 0.594. The lowest BCUT2D eigenvalue weighted by Crippen LogP contribution is -2.47. The molecule has 1 saturated heterocycles. The van der Waals surface area contributed by atoms with Gasteiger partial charge in [0, 0.05) is 6.54 Å². The highest BCUT2D eigenvalue weighted by Gasteiger charge is 2.34. The summed E-state index contributed by atoms with van der Waals surface area (Å²) in [7, 11) is 0. The first-order chi connectivity index (χ1) is 8.65. The van der Waals surface area contributed by atoms with Crippen molar-refractivity contribution in [1.29, 1.82) is 0 Å². The van der Waals surface area contributed by atoms with Crippen molar-refractivity contribution in [1.82, 2.24) is 10.6 Å². The minimum absolute atomic E-state index is 0.163. The smallest absolute Gasteiger partial charge is 0.315 e. The molecule has 0 aliphatic carbocycles. The van der Waals surface area contributed by atoms with Crippen molar-refractivity contribution in [2.24, 2.45) is 5.92 Å². The zero-order chi connectivity index (χ0) is 13.4. The molecule has 0 radical (unpaired) electrons. The standard InChI is InChI=1S/C12H22N2O4/c1-2-3-4-5-6-13-12(17)14-10-8-18-7-9(10)11(15)16/h9-10H,2-8H2,1H3,(H,15,16)(H2,13,14,17). The van der Waals surface area contributed by atoms with Crippen LogP contribution < -0.4 is 10.6 Å². The van der Waals surface area contributed by atoms with Crippen LogP contribution in [0.2, 0.25) is 0 Å². The summed E-state index contributed by atoms with van der Waals surface area (Å²) in [6.45, 7) is 3.18. The fourth-order valence-electron chi connectivity index (χ4n) is 1.91. The minimum atomic E-state index is -0.930. The molecule has 6 heteroatoms. The summed E-state index contributed by atoms with van der Waals surface area (Å²) in [5.74, 6) is -1.57. The van der Waals surface area contributed by atoms with Crippen LogP contribution in [0.25, 0.3) is 0 Å². The number of hydrogen-bond donors (Lipinski definition) is 3. The number of carboxylic acid groups (broad SMARTS) is 1. The van der Waals surface area contributed by atoms with Crippen LogP contribution in [0.5, 0.6) is 0 Å². The molecule has 0 bridgehead atoms. The summed E-state index contributed by atoms with van der Waals surface area (Å²) in [4.78, 5) is 22.4. The molecule has 18 heavy (non-hydrogen) atoms. The molecule has 0 aromatic heterocycles. The van der Waals surface area contributed by atoms with Crippen LogP contribution in [0, 0.1) is 5.92 Å². The van der Waals surface area contributed by atoms with Gasteiger partial charge in [-0.2, -0.15) is 0 Å². The number of hydrogen-bond acceptors (Lipinski definition) is 3. The molecule has 2 amide bonds. The van der Waals surface area contributed by atoms with Gasteiger partial charge in [-0.25, -0.2) is 4.79 Å². The van der Waals surface area contributed by atoms with Crippen molar-refractivity contribution in [3.8, 4) is 0 Å². The van der Waals surface area contributed by atoms with Crippen LogP contribution >= 0.6 is 0 Å². The Morgan fingerprint density at radius 1 is 1.28 bits per heavy atom. The summed E-state index contributed by atoms with van der Waals surface area (Å²) in [6, 6.07) is -0.744. The van der Waals surface area contributed by atoms with Crippen molar-refractivity contribution in [3.05, 3.63) is 0 Å². The van der Waals surface area contributed by atoms with Gasteiger partial charge < -0.3 is 20.5 Å². The van der Waals surface area contributed by atoms with Gasteiger partial charge in [-0.05, 0) is 6.42 Å². The first kappa shape index (κ1) is 14.8. The summed E-state index contributed by atoms with van der Waals surface area (Å²) in [5, 5.41) is 14.3. The van der Waals surface area contributed by atoms with Gasteiger partial charge in [0.2, 0.25) is 0 Å². The fraction of sp³-hybridized carbons (Fsp3) is 0.833. The molecule has 1 aliphatic heterocycles. The molecule has 0 aromatic carbocycles. The molecule has 104 valence electrons. The van der Waals surface area contributed by atoms with Crippen molar-refractivity contribution in [2.45, 2.75) is 38.6 Å². The second kappa shape index (κ2) is 7.92. The second-order valence-corrected chi connectivity index (χ2v) is 4.55. The highest BCUT2D eigenvalue weighted by Crippen LogP contribution is 2.13. The number of carboxylic acids is 1. The van der Waals surface area contributed by atoms with E-state index in [2.05, 4.69) is 17.6 Å². The van der Waals surface area contributed by atoms with Crippen molar-refractivity contribution >= 4 is 12.0 Å². The molecule has 1 heterocycles. The molecule has 3 N–H and O–H groups in total. The van der Waals surface area contributed by atoms with Gasteiger partial charge in [0.05, 0.1) is 19.3 Å². The van der Waals surface area contributed by atoms with E-state index in [1.807, 2.05) is 0 Å². The van der Waals surface area contributed by atoms with Crippen molar-refractivity contribution in [2.75, 3.05) is 19.8 Å². The molecule has 0 spiro atoms. The highest BCUT2D eigenvalue weighted by atomic mass is 16.5. The van der Waals surface area contributed by atoms with Crippen LogP contribution in [-0.2, 0) is 9.53 Å². The number of urea groups is 1. The van der Waals surface area contributed by atoms with Gasteiger partial charge in [0.25, 0.3) is 0 Å².